The molecule has 6 heterocycles. The summed E-state index contributed by atoms with van der Waals surface area (Å²) in [5, 5.41) is 44.3. The zero-order valence-corrected chi connectivity index (χ0v) is 28.1. The molecule has 4 aromatic rings. The average Bonchev–Trinajstić information content (AvgIpc) is 3.76. The molecule has 4 aromatic heterocycles. The van der Waals surface area contributed by atoms with Gasteiger partial charge in [0.2, 0.25) is 0 Å². The minimum absolute atomic E-state index is 0.0346. The first-order chi connectivity index (χ1) is 24.6. The Hall–Kier alpha value is -4.19. The van der Waals surface area contributed by atoms with Gasteiger partial charge in [0.05, 0.1) is 19.5 Å². The number of anilines is 1. The van der Waals surface area contributed by atoms with E-state index in [-0.39, 0.29) is 28.1 Å². The number of pyridine rings is 2. The molecular formula is C27H30N8O15P2. The van der Waals surface area contributed by atoms with Gasteiger partial charge >= 0.3 is 7.82 Å². The van der Waals surface area contributed by atoms with E-state index in [1.165, 1.54) is 64.5 Å². The Morgan fingerprint density at radius 2 is 1.62 bits per heavy atom. The predicted molar refractivity (Wildman–Crippen MR) is 165 cm³/mol. The van der Waals surface area contributed by atoms with Gasteiger partial charge in [-0.1, -0.05) is 0 Å². The van der Waals surface area contributed by atoms with Crippen LogP contribution in [0.1, 0.15) is 33.2 Å². The molecule has 0 radical (unpaired) electrons. The van der Waals surface area contributed by atoms with E-state index in [2.05, 4.69) is 34.1 Å². The van der Waals surface area contributed by atoms with Gasteiger partial charge in [-0.05, 0) is 18.2 Å². The first-order valence-electron chi connectivity index (χ1n) is 15.0. The fourth-order valence-electron chi connectivity index (χ4n) is 5.31. The molecule has 23 nitrogen and oxygen atoms in total. The van der Waals surface area contributed by atoms with E-state index in [4.69, 9.17) is 19.7 Å². The maximum absolute atomic E-state index is 12.7. The standard InChI is InChI=1S/C27H30N8O15P2/c28-22-17-23(31-11-30-22)35(12-32-17)27-21(39)19(37)16(49-27)10-47-52(44,45)50-51(42,43)46-9-15-18(36)20(38)26(48-15)34-7-1-2-14(8-34)25(41)33-24(40)13-3-5-29-6-4-13/h1-8,11-12,15-16,18-21,26-27,36-39H,9-10H2,(H4-,28,30,31,33,40,41,42,43,44,45)/t15-,16-,18-,19-,20-,21-,26-,27-/m1/s1. The van der Waals surface area contributed by atoms with Crippen LogP contribution < -0.4 is 20.5 Å². The maximum atomic E-state index is 12.7. The lowest BCUT2D eigenvalue weighted by molar-refractivity contribution is -0.765. The zero-order chi connectivity index (χ0) is 37.4. The minimum Gasteiger partial charge on any atom is -0.756 e. The molecule has 10 atom stereocenters. The van der Waals surface area contributed by atoms with Crippen LogP contribution in [0.5, 0.6) is 0 Å². The highest BCUT2D eigenvalue weighted by atomic mass is 31.3. The van der Waals surface area contributed by atoms with Crippen molar-refractivity contribution in [3.63, 3.8) is 0 Å². The Morgan fingerprint density at radius 1 is 0.942 bits per heavy atom. The third kappa shape index (κ3) is 8.06. The molecular weight excluding hydrogens is 738 g/mol. The Balaban J connectivity index is 1.02. The summed E-state index contributed by atoms with van der Waals surface area (Å²) in [7, 11) is -11.2. The van der Waals surface area contributed by atoms with E-state index in [1.807, 2.05) is 0 Å². The van der Waals surface area contributed by atoms with Gasteiger partial charge in [-0.3, -0.25) is 33.5 Å². The van der Waals surface area contributed by atoms with Gasteiger partial charge in [0.25, 0.3) is 25.9 Å². The van der Waals surface area contributed by atoms with Crippen molar-refractivity contribution in [3.05, 3.63) is 72.8 Å². The first kappa shape index (κ1) is 37.6. The molecule has 2 saturated heterocycles. The average molecular weight is 769 g/mol. The van der Waals surface area contributed by atoms with Crippen molar-refractivity contribution in [2.45, 2.75) is 49.1 Å². The van der Waals surface area contributed by atoms with Gasteiger partial charge in [0.1, 0.15) is 47.9 Å². The summed E-state index contributed by atoms with van der Waals surface area (Å²) >= 11 is 0. The summed E-state index contributed by atoms with van der Waals surface area (Å²) in [5.41, 5.74) is 6.22. The van der Waals surface area contributed by atoms with E-state index in [0.717, 1.165) is 6.33 Å². The molecule has 0 saturated carbocycles. The number of phosphoric acid groups is 2. The number of aliphatic hydroxyl groups is 4. The molecule has 2 aliphatic heterocycles. The molecule has 8 N–H and O–H groups in total. The molecule has 52 heavy (non-hydrogen) atoms. The number of hydrogen-bond donors (Lipinski definition) is 7. The van der Waals surface area contributed by atoms with Crippen molar-refractivity contribution in [2.75, 3.05) is 18.9 Å². The topological polar surface area (TPSA) is 337 Å². The van der Waals surface area contributed by atoms with Crippen LogP contribution in [0.2, 0.25) is 0 Å². The summed E-state index contributed by atoms with van der Waals surface area (Å²) in [6, 6.07) is 5.54. The SMILES string of the molecule is Nc1ncnc2c1ncn2[C@@H]1O[C@H](COP(=O)(O)OP(=O)([O-])OC[C@H]2O[C@@H]([n+]3cccc(C(=O)NC(=O)c4ccncc4)c3)[C@H](O)[C@@H]2O)[C@@H](O)[C@H]1O. The molecule has 2 amide bonds. The van der Waals surface area contributed by atoms with E-state index >= 15 is 0 Å². The number of nitrogen functional groups attached to an aromatic ring is 1. The lowest BCUT2D eigenvalue weighted by Gasteiger charge is -2.26. The van der Waals surface area contributed by atoms with Crippen molar-refractivity contribution in [2.24, 2.45) is 0 Å². The number of rotatable bonds is 12. The summed E-state index contributed by atoms with van der Waals surface area (Å²) in [5.74, 6) is -1.47. The van der Waals surface area contributed by atoms with E-state index in [9.17, 15) is 48.9 Å². The number of ether oxygens (including phenoxy) is 2. The van der Waals surface area contributed by atoms with Gasteiger partial charge in [-0.15, -0.1) is 0 Å². The normalized spacial score (nSPS) is 28.3. The van der Waals surface area contributed by atoms with Crippen LogP contribution in [0.15, 0.2) is 61.7 Å². The van der Waals surface area contributed by atoms with Crippen LogP contribution in [0.25, 0.3) is 11.2 Å². The number of carbonyl (C=O) groups excluding carboxylic acids is 2. The van der Waals surface area contributed by atoms with Crippen LogP contribution in [-0.4, -0.2) is 111 Å². The number of imide groups is 1. The summed E-state index contributed by atoms with van der Waals surface area (Å²) in [6.07, 6.45) is -4.81. The number of phosphoric ester groups is 2. The summed E-state index contributed by atoms with van der Waals surface area (Å²) < 4.78 is 52.0. The van der Waals surface area contributed by atoms with Crippen LogP contribution in [0, 0.1) is 0 Å². The quantitative estimate of drug-likeness (QED) is 0.0435. The van der Waals surface area contributed by atoms with Crippen molar-refractivity contribution in [1.29, 1.82) is 0 Å². The Labute approximate surface area is 291 Å². The monoisotopic (exact) mass is 768 g/mol. The number of nitrogens with two attached hydrogens (primary N) is 1. The molecule has 0 aromatic carbocycles. The predicted octanol–water partition coefficient (Wildman–Crippen LogP) is -2.78. The fourth-order valence-corrected chi connectivity index (χ4v) is 7.36. The molecule has 0 bridgehead atoms. The number of aliphatic hydroxyl groups excluding tert-OH is 4. The molecule has 0 aliphatic carbocycles. The number of carbonyl (C=O) groups is 2. The Bertz CT molecular complexity index is 2040. The van der Waals surface area contributed by atoms with Crippen LogP contribution >= 0.6 is 15.6 Å². The van der Waals surface area contributed by atoms with Crippen molar-refractivity contribution >= 4 is 44.4 Å². The lowest BCUT2D eigenvalue weighted by atomic mass is 10.1. The number of imidazole rings is 1. The van der Waals surface area contributed by atoms with E-state index < -0.39 is 89.8 Å². The van der Waals surface area contributed by atoms with Crippen molar-refractivity contribution < 1.29 is 76.3 Å². The van der Waals surface area contributed by atoms with Crippen LogP contribution in [-0.2, 0) is 32.0 Å². The second kappa shape index (κ2) is 15.0. The summed E-state index contributed by atoms with van der Waals surface area (Å²) in [6.45, 7) is -1.96. The van der Waals surface area contributed by atoms with Crippen molar-refractivity contribution in [3.8, 4) is 0 Å². The summed E-state index contributed by atoms with van der Waals surface area (Å²) in [4.78, 5) is 63.2. The van der Waals surface area contributed by atoms with E-state index in [1.54, 1.807) is 0 Å². The second-order valence-corrected chi connectivity index (χ2v) is 14.3. The first-order valence-corrected chi connectivity index (χ1v) is 18.0. The Kier molecular flexibility index (Phi) is 10.9. The molecule has 6 rings (SSSR count). The minimum atomic E-state index is -5.68. The second-order valence-electron chi connectivity index (χ2n) is 11.3. The highest BCUT2D eigenvalue weighted by Crippen LogP contribution is 2.58. The molecule has 2 unspecified atom stereocenters. The molecule has 25 heteroatoms. The number of hydrogen-bond acceptors (Lipinski definition) is 19. The Morgan fingerprint density at radius 3 is 2.37 bits per heavy atom. The maximum Gasteiger partial charge on any atom is 0.478 e. The number of fused-ring (bicyclic) bond motifs is 1. The highest BCUT2D eigenvalue weighted by molar-refractivity contribution is 7.60. The number of nitrogens with zero attached hydrogens (tertiary/aromatic N) is 6. The zero-order valence-electron chi connectivity index (χ0n) is 26.3. The van der Waals surface area contributed by atoms with Gasteiger partial charge in [0, 0.05) is 24.0 Å². The number of amides is 2. The van der Waals surface area contributed by atoms with Crippen molar-refractivity contribution in [1.82, 2.24) is 29.8 Å². The number of nitrogens with one attached hydrogen (secondary N) is 1. The van der Waals surface area contributed by atoms with Gasteiger partial charge in [-0.25, -0.2) is 23.8 Å². The van der Waals surface area contributed by atoms with Gasteiger partial charge in [0.15, 0.2) is 36.2 Å². The van der Waals surface area contributed by atoms with Gasteiger partial charge < -0.3 is 49.9 Å². The van der Waals surface area contributed by atoms with Crippen LogP contribution in [0.3, 0.4) is 0 Å². The molecule has 278 valence electrons. The van der Waals surface area contributed by atoms with Gasteiger partial charge in [-0.2, -0.15) is 4.57 Å². The van der Waals surface area contributed by atoms with Crippen LogP contribution in [0.4, 0.5) is 5.82 Å². The highest BCUT2D eigenvalue weighted by Gasteiger charge is 2.49. The third-order valence-corrected chi connectivity index (χ3v) is 10.5. The molecule has 0 spiro atoms. The molecule has 2 fully saturated rings. The third-order valence-electron chi connectivity index (χ3n) is 7.89. The van der Waals surface area contributed by atoms with E-state index in [0.29, 0.717) is 0 Å². The largest absolute Gasteiger partial charge is 0.756 e. The smallest absolute Gasteiger partial charge is 0.478 e. The molecule has 2 aliphatic rings. The number of aromatic nitrogens is 6. The fraction of sp³-hybridized carbons (Fsp3) is 0.370. The lowest BCUT2D eigenvalue weighted by Crippen LogP contribution is -2.46.